The average molecular weight is 437 g/mol. The van der Waals surface area contributed by atoms with Gasteiger partial charge in [0.25, 0.3) is 5.91 Å². The lowest BCUT2D eigenvalue weighted by Crippen LogP contribution is -2.25. The molecule has 0 aliphatic heterocycles. The molecule has 1 N–H and O–H groups in total. The third-order valence-electron chi connectivity index (χ3n) is 5.23. The first kappa shape index (κ1) is 20.9. The predicted octanol–water partition coefficient (Wildman–Crippen LogP) is 5.46. The third kappa shape index (κ3) is 4.72. The van der Waals surface area contributed by atoms with Gasteiger partial charge >= 0.3 is 0 Å². The maximum Gasteiger partial charge on any atom is 0.253 e. The first-order chi connectivity index (χ1) is 15.0. The van der Waals surface area contributed by atoms with Crippen LogP contribution in [0.3, 0.4) is 0 Å². The molecule has 6 heteroatoms. The van der Waals surface area contributed by atoms with E-state index in [2.05, 4.69) is 9.88 Å². The lowest BCUT2D eigenvalue weighted by molar-refractivity contribution is 0.0955. The summed E-state index contributed by atoms with van der Waals surface area (Å²) in [6.45, 7) is 1.04. The summed E-state index contributed by atoms with van der Waals surface area (Å²) in [5.41, 5.74) is 3.50. The molecule has 4 aromatic rings. The van der Waals surface area contributed by atoms with Crippen LogP contribution in [0.5, 0.6) is 5.75 Å². The van der Waals surface area contributed by atoms with Crippen LogP contribution in [0, 0.1) is 5.82 Å². The summed E-state index contributed by atoms with van der Waals surface area (Å²) in [4.78, 5) is 12.9. The van der Waals surface area contributed by atoms with Crippen LogP contribution in [0.15, 0.2) is 72.9 Å². The fourth-order valence-corrected chi connectivity index (χ4v) is 3.71. The number of methoxy groups -OCH3 is 1. The Hall–Kier alpha value is -3.31. The normalized spacial score (nSPS) is 10.9. The van der Waals surface area contributed by atoms with E-state index in [1.54, 1.807) is 13.2 Å². The Morgan fingerprint density at radius 3 is 2.55 bits per heavy atom. The molecule has 0 bridgehead atoms. The fourth-order valence-electron chi connectivity index (χ4n) is 3.60. The van der Waals surface area contributed by atoms with Gasteiger partial charge in [0.2, 0.25) is 0 Å². The highest BCUT2D eigenvalue weighted by atomic mass is 35.5. The number of hydrogen-bond acceptors (Lipinski definition) is 2. The average Bonchev–Trinajstić information content (AvgIpc) is 3.15. The van der Waals surface area contributed by atoms with Gasteiger partial charge in [-0.05, 0) is 47.9 Å². The summed E-state index contributed by atoms with van der Waals surface area (Å²) in [7, 11) is 1.64. The maximum atomic E-state index is 13.6. The highest BCUT2D eigenvalue weighted by Crippen LogP contribution is 2.23. The predicted molar refractivity (Wildman–Crippen MR) is 121 cm³/mol. The SMILES string of the molecule is COc1ccc(Cn2cc(C(=O)NCCc3ccc(Cl)c(F)c3)c3ccccc32)cc1. The molecule has 1 heterocycles. The monoisotopic (exact) mass is 436 g/mol. The second kappa shape index (κ2) is 9.23. The molecule has 0 radical (unpaired) electrons. The van der Waals surface area contributed by atoms with Gasteiger partial charge < -0.3 is 14.6 Å². The van der Waals surface area contributed by atoms with Gasteiger partial charge in [0.1, 0.15) is 11.6 Å². The molecular weight excluding hydrogens is 415 g/mol. The van der Waals surface area contributed by atoms with Gasteiger partial charge in [-0.25, -0.2) is 4.39 Å². The Labute approximate surface area is 185 Å². The van der Waals surface area contributed by atoms with Crippen molar-refractivity contribution in [3.63, 3.8) is 0 Å². The zero-order chi connectivity index (χ0) is 21.8. The summed E-state index contributed by atoms with van der Waals surface area (Å²) < 4.78 is 20.9. The minimum Gasteiger partial charge on any atom is -0.497 e. The number of nitrogens with one attached hydrogen (secondary N) is 1. The van der Waals surface area contributed by atoms with Crippen LogP contribution in [0.25, 0.3) is 10.9 Å². The van der Waals surface area contributed by atoms with Crippen molar-refractivity contribution in [2.75, 3.05) is 13.7 Å². The number of fused-ring (bicyclic) bond motifs is 1. The molecule has 0 aliphatic carbocycles. The molecule has 1 aromatic heterocycles. The largest absolute Gasteiger partial charge is 0.497 e. The minimum atomic E-state index is -0.452. The fraction of sp³-hybridized carbons (Fsp3) is 0.160. The summed E-state index contributed by atoms with van der Waals surface area (Å²) in [5.74, 6) is 0.202. The number of benzene rings is 3. The van der Waals surface area contributed by atoms with Crippen molar-refractivity contribution >= 4 is 28.4 Å². The van der Waals surface area contributed by atoms with Crippen LogP contribution >= 0.6 is 11.6 Å². The molecule has 0 aliphatic rings. The summed E-state index contributed by atoms with van der Waals surface area (Å²) in [6.07, 6.45) is 2.40. The third-order valence-corrected chi connectivity index (χ3v) is 5.53. The van der Waals surface area contributed by atoms with E-state index in [-0.39, 0.29) is 10.9 Å². The number of hydrogen-bond donors (Lipinski definition) is 1. The number of amides is 1. The van der Waals surface area contributed by atoms with Gasteiger partial charge in [-0.3, -0.25) is 4.79 Å². The van der Waals surface area contributed by atoms with E-state index in [1.807, 2.05) is 54.7 Å². The lowest BCUT2D eigenvalue weighted by Gasteiger charge is -2.07. The number of ether oxygens (including phenoxy) is 1. The van der Waals surface area contributed by atoms with Crippen molar-refractivity contribution in [3.05, 3.63) is 100 Å². The number of para-hydroxylation sites is 1. The molecule has 31 heavy (non-hydrogen) atoms. The number of halogens is 2. The molecule has 0 atom stereocenters. The topological polar surface area (TPSA) is 43.3 Å². The molecular formula is C25H22ClFN2O2. The maximum absolute atomic E-state index is 13.6. The van der Waals surface area contributed by atoms with Gasteiger partial charge in [-0.15, -0.1) is 0 Å². The molecule has 0 saturated heterocycles. The standard InChI is InChI=1S/C25H22ClFN2O2/c1-31-19-9-6-18(7-10-19)15-29-16-21(20-4-2-3-5-24(20)29)25(30)28-13-12-17-8-11-22(26)23(27)14-17/h2-11,14,16H,12-13,15H2,1H3,(H,28,30). The molecule has 0 spiro atoms. The van der Waals surface area contributed by atoms with Gasteiger partial charge in [0.15, 0.2) is 0 Å². The van der Waals surface area contributed by atoms with Gasteiger partial charge in [-0.1, -0.05) is 48.0 Å². The Morgan fingerprint density at radius 1 is 1.06 bits per heavy atom. The van der Waals surface area contributed by atoms with Gasteiger partial charge in [0, 0.05) is 30.2 Å². The Morgan fingerprint density at radius 2 is 1.81 bits per heavy atom. The first-order valence-electron chi connectivity index (χ1n) is 9.98. The number of carbonyl (C=O) groups is 1. The molecule has 4 nitrogen and oxygen atoms in total. The molecule has 0 unspecified atom stereocenters. The van der Waals surface area contributed by atoms with E-state index in [1.165, 1.54) is 12.1 Å². The van der Waals surface area contributed by atoms with E-state index < -0.39 is 5.82 Å². The summed E-state index contributed by atoms with van der Waals surface area (Å²) >= 11 is 5.72. The molecule has 0 fully saturated rings. The van der Waals surface area contributed by atoms with Crippen LogP contribution in [0.2, 0.25) is 5.02 Å². The number of rotatable bonds is 7. The van der Waals surface area contributed by atoms with Crippen LogP contribution in [0.1, 0.15) is 21.5 Å². The second-order valence-electron chi connectivity index (χ2n) is 7.29. The highest BCUT2D eigenvalue weighted by Gasteiger charge is 2.15. The molecule has 4 rings (SSSR count). The van der Waals surface area contributed by atoms with Crippen molar-refractivity contribution in [1.29, 1.82) is 0 Å². The van der Waals surface area contributed by atoms with E-state index in [9.17, 15) is 9.18 Å². The van der Waals surface area contributed by atoms with Crippen LogP contribution in [0.4, 0.5) is 4.39 Å². The lowest BCUT2D eigenvalue weighted by atomic mass is 10.1. The molecule has 3 aromatic carbocycles. The van der Waals surface area contributed by atoms with Crippen molar-refractivity contribution in [2.24, 2.45) is 0 Å². The zero-order valence-electron chi connectivity index (χ0n) is 17.1. The van der Waals surface area contributed by atoms with Crippen LogP contribution < -0.4 is 10.1 Å². The van der Waals surface area contributed by atoms with Crippen LogP contribution in [-0.2, 0) is 13.0 Å². The smallest absolute Gasteiger partial charge is 0.253 e. The molecule has 1 amide bonds. The van der Waals surface area contributed by atoms with Crippen molar-refractivity contribution in [1.82, 2.24) is 9.88 Å². The summed E-state index contributed by atoms with van der Waals surface area (Å²) in [6, 6.07) is 20.4. The Kier molecular flexibility index (Phi) is 6.23. The Balaban J connectivity index is 1.50. The molecule has 158 valence electrons. The Bertz CT molecular complexity index is 1220. The van der Waals surface area contributed by atoms with E-state index in [0.717, 1.165) is 27.8 Å². The molecule has 0 saturated carbocycles. The van der Waals surface area contributed by atoms with Crippen molar-refractivity contribution in [3.8, 4) is 5.75 Å². The second-order valence-corrected chi connectivity index (χ2v) is 7.70. The number of nitrogens with zero attached hydrogens (tertiary/aromatic N) is 1. The minimum absolute atomic E-state index is 0.0949. The highest BCUT2D eigenvalue weighted by molar-refractivity contribution is 6.30. The van der Waals surface area contributed by atoms with E-state index in [4.69, 9.17) is 16.3 Å². The van der Waals surface area contributed by atoms with Gasteiger partial charge in [-0.2, -0.15) is 0 Å². The quantitative estimate of drug-likeness (QED) is 0.418. The number of aromatic nitrogens is 1. The van der Waals surface area contributed by atoms with E-state index in [0.29, 0.717) is 25.1 Å². The number of carbonyl (C=O) groups excluding carboxylic acids is 1. The van der Waals surface area contributed by atoms with Crippen LogP contribution in [-0.4, -0.2) is 24.1 Å². The summed E-state index contributed by atoms with van der Waals surface area (Å²) in [5, 5.41) is 3.93. The van der Waals surface area contributed by atoms with Crippen molar-refractivity contribution < 1.29 is 13.9 Å². The first-order valence-corrected chi connectivity index (χ1v) is 10.4. The van der Waals surface area contributed by atoms with E-state index >= 15 is 0 Å². The van der Waals surface area contributed by atoms with Gasteiger partial charge in [0.05, 0.1) is 17.7 Å². The van der Waals surface area contributed by atoms with Crippen molar-refractivity contribution in [2.45, 2.75) is 13.0 Å². The zero-order valence-corrected chi connectivity index (χ0v) is 17.8.